The first-order valence-corrected chi connectivity index (χ1v) is 11.0. The van der Waals surface area contributed by atoms with Gasteiger partial charge in [-0.15, -0.1) is 11.3 Å². The highest BCUT2D eigenvalue weighted by Crippen LogP contribution is 2.43. The number of anilines is 1. The van der Waals surface area contributed by atoms with Crippen molar-refractivity contribution in [3.05, 3.63) is 28.5 Å². The minimum atomic E-state index is -0.187. The van der Waals surface area contributed by atoms with Crippen molar-refractivity contribution >= 4 is 49.1 Å². The molecule has 2 aliphatic heterocycles. The summed E-state index contributed by atoms with van der Waals surface area (Å²) in [6, 6.07) is -0.0539. The number of hydrogen-bond donors (Lipinski definition) is 1. The molecule has 2 aromatic heterocycles. The molecule has 1 saturated heterocycles. The second-order valence-electron chi connectivity index (χ2n) is 6.88. The Morgan fingerprint density at radius 1 is 1.31 bits per heavy atom. The molecule has 152 valence electrons. The first-order chi connectivity index (χ1) is 14.1. The van der Waals surface area contributed by atoms with Crippen molar-refractivity contribution < 1.29 is 19.0 Å². The van der Waals surface area contributed by atoms with Gasteiger partial charge in [0.25, 0.3) is 5.91 Å². The van der Waals surface area contributed by atoms with Crippen molar-refractivity contribution in [2.75, 3.05) is 38.3 Å². The van der Waals surface area contributed by atoms with Gasteiger partial charge in [-0.1, -0.05) is 11.3 Å². The van der Waals surface area contributed by atoms with Gasteiger partial charge < -0.3 is 24.4 Å². The molecule has 0 aromatic carbocycles. The van der Waals surface area contributed by atoms with Gasteiger partial charge in [0.2, 0.25) is 0 Å². The first-order valence-electron chi connectivity index (χ1n) is 9.36. The minimum absolute atomic E-state index is 0.0539. The summed E-state index contributed by atoms with van der Waals surface area (Å²) in [7, 11) is 1.59. The van der Waals surface area contributed by atoms with Crippen molar-refractivity contribution in [1.29, 1.82) is 0 Å². The second-order valence-corrected chi connectivity index (χ2v) is 8.86. The molecule has 0 saturated carbocycles. The molecule has 0 bridgehead atoms. The maximum atomic E-state index is 12.9. The van der Waals surface area contributed by atoms with Crippen LogP contribution in [0.3, 0.4) is 0 Å². The van der Waals surface area contributed by atoms with Crippen molar-refractivity contribution in [2.24, 2.45) is 4.99 Å². The second kappa shape index (κ2) is 7.43. The lowest BCUT2D eigenvalue weighted by atomic mass is 10.0. The van der Waals surface area contributed by atoms with Gasteiger partial charge in [-0.3, -0.25) is 4.79 Å². The highest BCUT2D eigenvalue weighted by atomic mass is 32.1. The topological polar surface area (TPSA) is 85.3 Å². The number of nitrogens with zero attached hydrogens (tertiary/aromatic N) is 3. The number of nitrogens with one attached hydrogen (secondary N) is 1. The molecule has 4 heterocycles. The molecule has 3 aliphatic rings. The van der Waals surface area contributed by atoms with Gasteiger partial charge >= 0.3 is 0 Å². The number of allylic oxidation sites excluding steroid dienone is 2. The standard InChI is InChI=1S/C19H20N4O4S2/c1-10-20-12-9-11(3-4-13(12)27-10)21-17(24)15-14(25-2)16-18(28-15)22-19(29-16)23-5-7-26-8-6-23/h3-4,12H,5-9H2,1-2H3,(H,21,24). The van der Waals surface area contributed by atoms with Crippen LogP contribution < -0.4 is 15.0 Å². The van der Waals surface area contributed by atoms with Crippen LogP contribution in [0.1, 0.15) is 23.0 Å². The Labute approximate surface area is 175 Å². The van der Waals surface area contributed by atoms with Crippen LogP contribution in [0.5, 0.6) is 5.75 Å². The maximum Gasteiger partial charge on any atom is 0.269 e. The number of carbonyl (C=O) groups is 1. The molecule has 1 fully saturated rings. The molecular weight excluding hydrogens is 412 g/mol. The number of methoxy groups -OCH3 is 1. The third kappa shape index (κ3) is 3.41. The molecule has 0 spiro atoms. The van der Waals surface area contributed by atoms with E-state index in [2.05, 4.69) is 15.2 Å². The molecule has 5 rings (SSSR count). The Morgan fingerprint density at radius 2 is 2.14 bits per heavy atom. The minimum Gasteiger partial charge on any atom is -0.493 e. The Morgan fingerprint density at radius 3 is 2.93 bits per heavy atom. The number of carbonyl (C=O) groups excluding carboxylic acids is 1. The maximum absolute atomic E-state index is 12.9. The smallest absolute Gasteiger partial charge is 0.269 e. The van der Waals surface area contributed by atoms with Crippen LogP contribution >= 0.6 is 22.7 Å². The van der Waals surface area contributed by atoms with Crippen LogP contribution in [-0.2, 0) is 9.47 Å². The van der Waals surface area contributed by atoms with Crippen molar-refractivity contribution in [3.63, 3.8) is 0 Å². The fourth-order valence-electron chi connectivity index (χ4n) is 3.57. The molecule has 2 aromatic rings. The predicted molar refractivity (Wildman–Crippen MR) is 113 cm³/mol. The molecule has 1 amide bonds. The number of fused-ring (bicyclic) bond motifs is 2. The van der Waals surface area contributed by atoms with Gasteiger partial charge in [0, 0.05) is 32.1 Å². The van der Waals surface area contributed by atoms with Gasteiger partial charge in [-0.05, 0) is 12.2 Å². The number of rotatable bonds is 4. The molecule has 29 heavy (non-hydrogen) atoms. The summed E-state index contributed by atoms with van der Waals surface area (Å²) < 4.78 is 17.5. The molecule has 1 unspecified atom stereocenters. The summed E-state index contributed by atoms with van der Waals surface area (Å²) >= 11 is 2.92. The molecule has 1 aliphatic carbocycles. The molecule has 0 radical (unpaired) electrons. The number of ether oxygens (including phenoxy) is 3. The predicted octanol–water partition coefficient (Wildman–Crippen LogP) is 2.92. The van der Waals surface area contributed by atoms with E-state index in [9.17, 15) is 4.79 Å². The lowest BCUT2D eigenvalue weighted by Gasteiger charge is -2.25. The van der Waals surface area contributed by atoms with E-state index in [1.165, 1.54) is 11.3 Å². The normalized spacial score (nSPS) is 21.2. The van der Waals surface area contributed by atoms with Gasteiger partial charge in [0.1, 0.15) is 26.2 Å². The number of morpholine rings is 1. The van der Waals surface area contributed by atoms with Crippen LogP contribution in [0, 0.1) is 0 Å². The number of hydrogen-bond acceptors (Lipinski definition) is 9. The molecule has 10 heteroatoms. The average molecular weight is 433 g/mol. The quantitative estimate of drug-likeness (QED) is 0.800. The average Bonchev–Trinajstić information content (AvgIpc) is 3.39. The van der Waals surface area contributed by atoms with E-state index in [-0.39, 0.29) is 11.9 Å². The van der Waals surface area contributed by atoms with Crippen LogP contribution in [0.15, 0.2) is 28.6 Å². The van der Waals surface area contributed by atoms with E-state index < -0.39 is 0 Å². The van der Waals surface area contributed by atoms with Gasteiger partial charge in [-0.2, -0.15) is 0 Å². The van der Waals surface area contributed by atoms with Gasteiger partial charge in [0.15, 0.2) is 16.8 Å². The van der Waals surface area contributed by atoms with E-state index in [0.29, 0.717) is 36.2 Å². The van der Waals surface area contributed by atoms with E-state index >= 15 is 0 Å². The van der Waals surface area contributed by atoms with Crippen LogP contribution in [0.2, 0.25) is 0 Å². The zero-order valence-corrected chi connectivity index (χ0v) is 17.7. The highest BCUT2D eigenvalue weighted by molar-refractivity contribution is 7.30. The highest BCUT2D eigenvalue weighted by Gasteiger charge is 2.29. The van der Waals surface area contributed by atoms with E-state index in [0.717, 1.165) is 39.2 Å². The fraction of sp³-hybridized carbons (Fsp3) is 0.421. The Bertz CT molecular complexity index is 1060. The number of aromatic nitrogens is 1. The lowest BCUT2D eigenvalue weighted by molar-refractivity contribution is 0.0965. The van der Waals surface area contributed by atoms with Crippen molar-refractivity contribution in [2.45, 2.75) is 19.4 Å². The third-order valence-electron chi connectivity index (χ3n) is 4.96. The zero-order valence-electron chi connectivity index (χ0n) is 16.1. The molecule has 1 atom stereocenters. The van der Waals surface area contributed by atoms with Crippen LogP contribution in [-0.4, -0.2) is 56.2 Å². The number of thiazole rings is 1. The summed E-state index contributed by atoms with van der Waals surface area (Å²) in [5.41, 5.74) is 0.812. The third-order valence-corrected chi connectivity index (χ3v) is 7.26. The fourth-order valence-corrected chi connectivity index (χ4v) is 5.92. The van der Waals surface area contributed by atoms with E-state index in [1.807, 2.05) is 19.1 Å². The Hall–Kier alpha value is -2.43. The van der Waals surface area contributed by atoms with Crippen molar-refractivity contribution in [1.82, 2.24) is 10.3 Å². The molecule has 8 nitrogen and oxygen atoms in total. The molecular formula is C19H20N4O4S2. The summed E-state index contributed by atoms with van der Waals surface area (Å²) in [4.78, 5) is 25.7. The lowest BCUT2D eigenvalue weighted by Crippen LogP contribution is -2.36. The van der Waals surface area contributed by atoms with E-state index in [1.54, 1.807) is 18.4 Å². The number of amides is 1. The number of aliphatic imine (C=N–C) groups is 1. The van der Waals surface area contributed by atoms with Crippen LogP contribution in [0.4, 0.5) is 5.13 Å². The monoisotopic (exact) mass is 432 g/mol. The zero-order chi connectivity index (χ0) is 20.0. The Balaban J connectivity index is 1.37. The Kier molecular flexibility index (Phi) is 4.76. The largest absolute Gasteiger partial charge is 0.493 e. The van der Waals surface area contributed by atoms with Crippen molar-refractivity contribution in [3.8, 4) is 5.75 Å². The SMILES string of the molecule is COc1c(C(=O)NC2=CC=C3OC(C)=NC3C2)sc2nc(N3CCOCC3)sc12. The van der Waals surface area contributed by atoms with Gasteiger partial charge in [0.05, 0.1) is 20.3 Å². The summed E-state index contributed by atoms with van der Waals surface area (Å²) in [6.07, 6.45) is 4.34. The summed E-state index contributed by atoms with van der Waals surface area (Å²) in [6.45, 7) is 4.90. The van der Waals surface area contributed by atoms with Gasteiger partial charge in [-0.25, -0.2) is 9.98 Å². The number of thiophene rings is 1. The molecule has 1 N–H and O–H groups in total. The summed E-state index contributed by atoms with van der Waals surface area (Å²) in [5.74, 6) is 1.89. The summed E-state index contributed by atoms with van der Waals surface area (Å²) in [5, 5.41) is 3.95. The van der Waals surface area contributed by atoms with E-state index in [4.69, 9.17) is 19.2 Å². The first kappa shape index (κ1) is 18.6. The van der Waals surface area contributed by atoms with Crippen LogP contribution in [0.25, 0.3) is 9.53 Å².